The van der Waals surface area contributed by atoms with E-state index in [1.165, 1.54) is 13.2 Å². The summed E-state index contributed by atoms with van der Waals surface area (Å²) in [5.74, 6) is -3.12. The summed E-state index contributed by atoms with van der Waals surface area (Å²) in [5, 5.41) is 0. The van der Waals surface area contributed by atoms with E-state index in [9.17, 15) is 13.6 Å². The molecule has 14 heavy (non-hydrogen) atoms. The van der Waals surface area contributed by atoms with Crippen molar-refractivity contribution in [3.8, 4) is 5.75 Å². The molecule has 0 aromatic heterocycles. The highest BCUT2D eigenvalue weighted by molar-refractivity contribution is 9.10. The number of methoxy groups -OCH3 is 1. The number of ether oxygens (including phenoxy) is 1. The highest BCUT2D eigenvalue weighted by Crippen LogP contribution is 2.31. The van der Waals surface area contributed by atoms with Crippen LogP contribution in [-0.4, -0.2) is 12.9 Å². The first-order chi connectivity index (χ1) is 6.49. The van der Waals surface area contributed by atoms with Crippen molar-refractivity contribution in [2.75, 3.05) is 7.11 Å². The zero-order valence-corrected chi connectivity index (χ0v) is 9.11. The SMILES string of the molecule is COc1c(Br)cc(C(C)=O)c(F)c1F. The highest BCUT2D eigenvalue weighted by Gasteiger charge is 2.19. The molecule has 0 saturated carbocycles. The van der Waals surface area contributed by atoms with Crippen LogP contribution in [0, 0.1) is 11.6 Å². The van der Waals surface area contributed by atoms with Gasteiger partial charge in [0.05, 0.1) is 17.1 Å². The Morgan fingerprint density at radius 1 is 1.43 bits per heavy atom. The van der Waals surface area contributed by atoms with E-state index in [4.69, 9.17) is 0 Å². The molecule has 2 nitrogen and oxygen atoms in total. The lowest BCUT2D eigenvalue weighted by Gasteiger charge is -2.07. The normalized spacial score (nSPS) is 10.1. The van der Waals surface area contributed by atoms with Crippen molar-refractivity contribution in [2.45, 2.75) is 6.92 Å². The first-order valence-corrected chi connectivity index (χ1v) is 4.50. The van der Waals surface area contributed by atoms with Crippen LogP contribution in [0.4, 0.5) is 8.78 Å². The third-order valence-corrected chi connectivity index (χ3v) is 2.29. The predicted molar refractivity (Wildman–Crippen MR) is 50.6 cm³/mol. The number of hydrogen-bond donors (Lipinski definition) is 0. The molecule has 0 fully saturated rings. The van der Waals surface area contributed by atoms with Crippen LogP contribution < -0.4 is 4.74 Å². The van der Waals surface area contributed by atoms with Crippen LogP contribution in [0.15, 0.2) is 10.5 Å². The molecular weight excluding hydrogens is 258 g/mol. The molecule has 1 aromatic rings. The van der Waals surface area contributed by atoms with Gasteiger partial charge in [-0.25, -0.2) is 4.39 Å². The smallest absolute Gasteiger partial charge is 0.202 e. The van der Waals surface area contributed by atoms with Gasteiger partial charge >= 0.3 is 0 Å². The molecular formula is C9H7BrF2O2. The molecule has 1 rings (SSSR count). The highest BCUT2D eigenvalue weighted by atomic mass is 79.9. The van der Waals surface area contributed by atoms with Crippen LogP contribution in [0.5, 0.6) is 5.75 Å². The van der Waals surface area contributed by atoms with Gasteiger partial charge in [0.15, 0.2) is 17.3 Å². The molecule has 0 radical (unpaired) electrons. The van der Waals surface area contributed by atoms with E-state index in [0.29, 0.717) is 0 Å². The topological polar surface area (TPSA) is 26.3 Å². The fourth-order valence-corrected chi connectivity index (χ4v) is 1.59. The first kappa shape index (κ1) is 11.1. The number of rotatable bonds is 2. The minimum atomic E-state index is -1.18. The number of carbonyl (C=O) groups is 1. The monoisotopic (exact) mass is 264 g/mol. The van der Waals surface area contributed by atoms with Gasteiger partial charge < -0.3 is 4.74 Å². The standard InChI is InChI=1S/C9H7BrF2O2/c1-4(13)5-3-6(10)9(14-2)8(12)7(5)11/h3H,1-2H3. The molecule has 0 N–H and O–H groups in total. The fourth-order valence-electron chi connectivity index (χ4n) is 1.02. The second kappa shape index (κ2) is 4.04. The summed E-state index contributed by atoms with van der Waals surface area (Å²) < 4.78 is 31.2. The van der Waals surface area contributed by atoms with Crippen molar-refractivity contribution in [2.24, 2.45) is 0 Å². The molecule has 0 aliphatic carbocycles. The zero-order valence-electron chi connectivity index (χ0n) is 7.53. The molecule has 5 heteroatoms. The maximum atomic E-state index is 13.2. The number of ketones is 1. The lowest BCUT2D eigenvalue weighted by atomic mass is 10.1. The maximum Gasteiger partial charge on any atom is 0.202 e. The Labute approximate surface area is 88.0 Å². The van der Waals surface area contributed by atoms with E-state index < -0.39 is 17.4 Å². The molecule has 0 unspecified atom stereocenters. The molecule has 0 bridgehead atoms. The molecule has 76 valence electrons. The van der Waals surface area contributed by atoms with Gasteiger partial charge in [0, 0.05) is 0 Å². The van der Waals surface area contributed by atoms with Crippen LogP contribution in [-0.2, 0) is 0 Å². The van der Waals surface area contributed by atoms with Crippen molar-refractivity contribution >= 4 is 21.7 Å². The Morgan fingerprint density at radius 2 is 2.00 bits per heavy atom. The number of hydrogen-bond acceptors (Lipinski definition) is 2. The molecule has 0 aliphatic rings. The molecule has 0 amide bonds. The number of Topliss-reactive ketones (excluding diaryl/α,β-unsaturated/α-hetero) is 1. The Morgan fingerprint density at radius 3 is 2.43 bits per heavy atom. The van der Waals surface area contributed by atoms with Crippen LogP contribution >= 0.6 is 15.9 Å². The van der Waals surface area contributed by atoms with Gasteiger partial charge in [-0.2, -0.15) is 4.39 Å². The third-order valence-electron chi connectivity index (χ3n) is 1.70. The Balaban J connectivity index is 3.47. The van der Waals surface area contributed by atoms with Crippen LogP contribution in [0.3, 0.4) is 0 Å². The summed E-state index contributed by atoms with van der Waals surface area (Å²) in [5.41, 5.74) is -0.296. The second-order valence-corrected chi connectivity index (χ2v) is 3.48. The van der Waals surface area contributed by atoms with Crippen LogP contribution in [0.25, 0.3) is 0 Å². The van der Waals surface area contributed by atoms with Gasteiger partial charge in [-0.05, 0) is 28.9 Å². The van der Waals surface area contributed by atoms with Crippen LogP contribution in [0.1, 0.15) is 17.3 Å². The van der Waals surface area contributed by atoms with Gasteiger partial charge in [0.25, 0.3) is 0 Å². The van der Waals surface area contributed by atoms with Gasteiger partial charge in [0.2, 0.25) is 5.82 Å². The number of benzene rings is 1. The summed E-state index contributed by atoms with van der Waals surface area (Å²) >= 11 is 2.98. The first-order valence-electron chi connectivity index (χ1n) is 3.71. The maximum absolute atomic E-state index is 13.2. The second-order valence-electron chi connectivity index (χ2n) is 2.62. The van der Waals surface area contributed by atoms with Crippen molar-refractivity contribution in [1.29, 1.82) is 0 Å². The van der Waals surface area contributed by atoms with E-state index in [2.05, 4.69) is 20.7 Å². The van der Waals surface area contributed by atoms with Crippen molar-refractivity contribution in [1.82, 2.24) is 0 Å². The molecule has 0 heterocycles. The summed E-state index contributed by atoms with van der Waals surface area (Å²) in [6.07, 6.45) is 0. The number of carbonyl (C=O) groups excluding carboxylic acids is 1. The van der Waals surface area contributed by atoms with Gasteiger partial charge in [-0.3, -0.25) is 4.79 Å². The largest absolute Gasteiger partial charge is 0.492 e. The molecule has 1 aromatic carbocycles. The fraction of sp³-hybridized carbons (Fsp3) is 0.222. The van der Waals surface area contributed by atoms with Crippen LogP contribution in [0.2, 0.25) is 0 Å². The summed E-state index contributed by atoms with van der Waals surface area (Å²) in [6, 6.07) is 1.19. The van der Waals surface area contributed by atoms with E-state index in [-0.39, 0.29) is 15.8 Å². The van der Waals surface area contributed by atoms with E-state index in [0.717, 1.165) is 6.92 Å². The summed E-state index contributed by atoms with van der Waals surface area (Å²) in [6.45, 7) is 1.16. The van der Waals surface area contributed by atoms with Gasteiger partial charge in [0.1, 0.15) is 0 Å². The zero-order chi connectivity index (χ0) is 10.9. The molecule has 0 saturated heterocycles. The molecule has 0 aliphatic heterocycles. The average molecular weight is 265 g/mol. The third kappa shape index (κ3) is 1.77. The average Bonchev–Trinajstić information content (AvgIpc) is 2.12. The molecule has 0 atom stereocenters. The minimum Gasteiger partial charge on any atom is -0.492 e. The number of halogens is 3. The van der Waals surface area contributed by atoms with Crippen molar-refractivity contribution in [3.05, 3.63) is 27.7 Å². The minimum absolute atomic E-state index is 0.212. The summed E-state index contributed by atoms with van der Waals surface area (Å²) in [4.78, 5) is 10.9. The van der Waals surface area contributed by atoms with Crippen molar-refractivity contribution in [3.63, 3.8) is 0 Å². The Bertz CT molecular complexity index is 391. The van der Waals surface area contributed by atoms with Crippen molar-refractivity contribution < 1.29 is 18.3 Å². The van der Waals surface area contributed by atoms with E-state index >= 15 is 0 Å². The molecule has 0 spiro atoms. The Kier molecular flexibility index (Phi) is 3.21. The predicted octanol–water partition coefficient (Wildman–Crippen LogP) is 2.94. The Hall–Kier alpha value is -0.970. The summed E-state index contributed by atoms with van der Waals surface area (Å²) in [7, 11) is 1.22. The van der Waals surface area contributed by atoms with E-state index in [1.807, 2.05) is 0 Å². The van der Waals surface area contributed by atoms with E-state index in [1.54, 1.807) is 0 Å². The quantitative estimate of drug-likeness (QED) is 0.607. The lowest BCUT2D eigenvalue weighted by molar-refractivity contribution is 0.101. The van der Waals surface area contributed by atoms with Gasteiger partial charge in [-0.1, -0.05) is 0 Å². The lowest BCUT2D eigenvalue weighted by Crippen LogP contribution is -2.03. The van der Waals surface area contributed by atoms with Gasteiger partial charge in [-0.15, -0.1) is 0 Å².